The number of halogens is 4. The van der Waals surface area contributed by atoms with E-state index in [2.05, 4.69) is 13.2 Å². The summed E-state index contributed by atoms with van der Waals surface area (Å²) < 4.78 is 20.7. The molecule has 29 heavy (non-hydrogen) atoms. The van der Waals surface area contributed by atoms with Crippen molar-refractivity contribution in [1.29, 1.82) is 0 Å². The smallest absolute Gasteiger partial charge is 0.335 e. The second kappa shape index (κ2) is 10.4. The minimum absolute atomic E-state index is 0.0804. The minimum Gasteiger partial charge on any atom is -0.454 e. The lowest BCUT2D eigenvalue weighted by molar-refractivity contribution is -0.129. The maximum absolute atomic E-state index is 11.2. The molecule has 2 aromatic carbocycles. The summed E-state index contributed by atoms with van der Waals surface area (Å²) in [5, 5.41) is 0.322. The molecule has 2 aromatic rings. The Morgan fingerprint density at radius 3 is 1.31 bits per heavy atom. The van der Waals surface area contributed by atoms with Gasteiger partial charge in [0.15, 0.2) is 11.5 Å². The van der Waals surface area contributed by atoms with E-state index in [0.717, 1.165) is 12.2 Å². The molecule has 0 spiro atoms. The van der Waals surface area contributed by atoms with Crippen molar-refractivity contribution in [2.45, 2.75) is 0 Å². The van der Waals surface area contributed by atoms with Gasteiger partial charge in [0.1, 0.15) is 11.5 Å². The molecule has 0 radical (unpaired) electrons. The third-order valence-electron chi connectivity index (χ3n) is 3.12. The Kier molecular flexibility index (Phi) is 8.22. The van der Waals surface area contributed by atoms with Crippen molar-refractivity contribution in [3.8, 4) is 23.0 Å². The third kappa shape index (κ3) is 6.30. The van der Waals surface area contributed by atoms with Crippen LogP contribution in [0.3, 0.4) is 0 Å². The molecule has 0 aliphatic heterocycles. The maximum Gasteiger partial charge on any atom is 0.335 e. The molecule has 0 aliphatic carbocycles. The zero-order valence-electron chi connectivity index (χ0n) is 14.5. The molecule has 6 nitrogen and oxygen atoms in total. The Morgan fingerprint density at radius 1 is 0.724 bits per heavy atom. The first kappa shape index (κ1) is 22.9. The van der Waals surface area contributed by atoms with Crippen LogP contribution in [-0.2, 0) is 9.59 Å². The van der Waals surface area contributed by atoms with E-state index in [-0.39, 0.29) is 49.9 Å². The van der Waals surface area contributed by atoms with Gasteiger partial charge in [-0.2, -0.15) is 0 Å². The molecule has 152 valence electrons. The number of ether oxygens (including phenoxy) is 4. The van der Waals surface area contributed by atoms with Gasteiger partial charge < -0.3 is 18.9 Å². The molecule has 0 saturated carbocycles. The highest BCUT2D eigenvalue weighted by Crippen LogP contribution is 2.39. The lowest BCUT2D eigenvalue weighted by Gasteiger charge is -2.14. The molecule has 0 bridgehead atoms. The second-order valence-electron chi connectivity index (χ2n) is 5.09. The Morgan fingerprint density at radius 2 is 1.03 bits per heavy atom. The predicted octanol–water partition coefficient (Wildman–Crippen LogP) is 5.90. The van der Waals surface area contributed by atoms with E-state index in [9.17, 15) is 9.59 Å². The van der Waals surface area contributed by atoms with Crippen molar-refractivity contribution >= 4 is 58.3 Å². The molecule has 2 rings (SSSR count). The average Bonchev–Trinajstić information content (AvgIpc) is 2.65. The van der Waals surface area contributed by atoms with E-state index < -0.39 is 11.9 Å². The quantitative estimate of drug-likeness (QED) is 0.204. The van der Waals surface area contributed by atoms with E-state index in [1.54, 1.807) is 0 Å². The summed E-state index contributed by atoms with van der Waals surface area (Å²) in [5.74, 6) is -0.907. The summed E-state index contributed by atoms with van der Waals surface area (Å²) in [5.41, 5.74) is 0. The van der Waals surface area contributed by atoms with Gasteiger partial charge in [-0.3, -0.25) is 0 Å². The number of hydrogen-bond donors (Lipinski definition) is 0. The molecule has 0 amide bonds. The van der Waals surface area contributed by atoms with Crippen molar-refractivity contribution in [2.75, 3.05) is 6.79 Å². The highest BCUT2D eigenvalue weighted by molar-refractivity contribution is 6.38. The first-order valence-corrected chi connectivity index (χ1v) is 9.18. The molecular weight excluding hydrogens is 466 g/mol. The number of carbonyl (C=O) groups is 2. The third-order valence-corrected chi connectivity index (χ3v) is 4.24. The van der Waals surface area contributed by atoms with Gasteiger partial charge in [-0.15, -0.1) is 0 Å². The molecule has 0 heterocycles. The van der Waals surface area contributed by atoms with Crippen molar-refractivity contribution < 1.29 is 28.5 Å². The Hall–Kier alpha value is -2.38. The number of benzene rings is 2. The molecule has 0 aromatic heterocycles. The van der Waals surface area contributed by atoms with Crippen LogP contribution in [0, 0.1) is 0 Å². The lowest BCUT2D eigenvalue weighted by atomic mass is 10.3. The van der Waals surface area contributed by atoms with Crippen LogP contribution < -0.4 is 18.9 Å². The van der Waals surface area contributed by atoms with Gasteiger partial charge in [0.25, 0.3) is 0 Å². The van der Waals surface area contributed by atoms with E-state index >= 15 is 0 Å². The highest BCUT2D eigenvalue weighted by atomic mass is 35.5. The largest absolute Gasteiger partial charge is 0.454 e. The van der Waals surface area contributed by atoms with Crippen LogP contribution >= 0.6 is 46.4 Å². The van der Waals surface area contributed by atoms with Gasteiger partial charge in [0.05, 0.1) is 20.1 Å². The van der Waals surface area contributed by atoms with Crippen LogP contribution in [-0.4, -0.2) is 18.7 Å². The number of esters is 2. The highest BCUT2D eigenvalue weighted by Gasteiger charge is 2.15. The van der Waals surface area contributed by atoms with E-state index in [1.165, 1.54) is 24.3 Å². The molecular formula is C19H12Cl4O6. The van der Waals surface area contributed by atoms with Gasteiger partial charge in [0.2, 0.25) is 6.79 Å². The van der Waals surface area contributed by atoms with Crippen molar-refractivity contribution in [3.05, 3.63) is 69.7 Å². The van der Waals surface area contributed by atoms with E-state index in [0.29, 0.717) is 0 Å². The van der Waals surface area contributed by atoms with Gasteiger partial charge in [-0.25, -0.2) is 9.59 Å². The van der Waals surface area contributed by atoms with Crippen molar-refractivity contribution in [3.63, 3.8) is 0 Å². The second-order valence-corrected chi connectivity index (χ2v) is 6.72. The molecule has 10 heteroatoms. The van der Waals surface area contributed by atoms with Crippen LogP contribution in [0.2, 0.25) is 20.1 Å². The molecule has 0 aliphatic rings. The van der Waals surface area contributed by atoms with Gasteiger partial charge in [0, 0.05) is 36.4 Å². The first-order chi connectivity index (χ1) is 13.7. The van der Waals surface area contributed by atoms with Crippen LogP contribution in [0.15, 0.2) is 49.6 Å². The fourth-order valence-corrected chi connectivity index (χ4v) is 3.08. The summed E-state index contributed by atoms with van der Waals surface area (Å²) in [4.78, 5) is 22.5. The monoisotopic (exact) mass is 476 g/mol. The number of carbonyl (C=O) groups excluding carboxylic acids is 2. The Bertz CT molecular complexity index is 850. The summed E-state index contributed by atoms with van der Waals surface area (Å²) in [6.45, 7) is 6.24. The molecule has 0 saturated heterocycles. The molecule has 0 atom stereocenters. The molecule has 0 unspecified atom stereocenters. The van der Waals surface area contributed by atoms with Crippen molar-refractivity contribution in [2.24, 2.45) is 0 Å². The van der Waals surface area contributed by atoms with Gasteiger partial charge in [-0.05, 0) is 0 Å². The topological polar surface area (TPSA) is 71.1 Å². The van der Waals surface area contributed by atoms with Crippen LogP contribution in [0.5, 0.6) is 23.0 Å². The van der Waals surface area contributed by atoms with Crippen LogP contribution in [0.1, 0.15) is 0 Å². The normalized spacial score (nSPS) is 10.1. The fraction of sp³-hybridized carbons (Fsp3) is 0.0526. The fourth-order valence-electron chi connectivity index (χ4n) is 1.93. The van der Waals surface area contributed by atoms with Crippen molar-refractivity contribution in [1.82, 2.24) is 0 Å². The number of hydrogen-bond acceptors (Lipinski definition) is 6. The standard InChI is InChI=1S/C19H12Cl4O6/c1-3-16(24)28-10-5-12(20)18(13(21)6-10)26-9-27-19-14(22)7-11(8-15(19)23)29-17(25)4-2/h3-8H,1-2,9H2. The summed E-state index contributed by atoms with van der Waals surface area (Å²) in [6, 6.07) is 5.36. The minimum atomic E-state index is -0.666. The Balaban J connectivity index is 2.08. The first-order valence-electron chi connectivity index (χ1n) is 7.67. The van der Waals surface area contributed by atoms with Gasteiger partial charge in [-0.1, -0.05) is 59.6 Å². The maximum atomic E-state index is 11.2. The molecule has 0 fully saturated rings. The van der Waals surface area contributed by atoms with E-state index in [4.69, 9.17) is 65.4 Å². The van der Waals surface area contributed by atoms with Crippen LogP contribution in [0.4, 0.5) is 0 Å². The summed E-state index contributed by atoms with van der Waals surface area (Å²) in [7, 11) is 0. The SMILES string of the molecule is C=CC(=O)Oc1cc(Cl)c(OCOc2c(Cl)cc(OC(=O)C=C)cc2Cl)c(Cl)c1. The van der Waals surface area contributed by atoms with Crippen LogP contribution in [0.25, 0.3) is 0 Å². The summed E-state index contributed by atoms with van der Waals surface area (Å²) >= 11 is 24.4. The Labute approximate surface area is 186 Å². The summed E-state index contributed by atoms with van der Waals surface area (Å²) in [6.07, 6.45) is 1.99. The lowest BCUT2D eigenvalue weighted by Crippen LogP contribution is -2.08. The van der Waals surface area contributed by atoms with E-state index in [1.807, 2.05) is 0 Å². The average molecular weight is 478 g/mol. The zero-order chi connectivity index (χ0) is 21.6. The van der Waals surface area contributed by atoms with Gasteiger partial charge >= 0.3 is 11.9 Å². The zero-order valence-corrected chi connectivity index (χ0v) is 17.6. The number of rotatable bonds is 8. The molecule has 0 N–H and O–H groups in total. The predicted molar refractivity (Wildman–Crippen MR) is 111 cm³/mol.